The van der Waals surface area contributed by atoms with E-state index in [1.165, 1.54) is 0 Å². The number of para-hydroxylation sites is 1. The molecule has 0 bridgehead atoms. The third kappa shape index (κ3) is 2.81. The summed E-state index contributed by atoms with van der Waals surface area (Å²) in [4.78, 5) is 25.3. The third-order valence-corrected chi connectivity index (χ3v) is 4.61. The molecule has 0 amide bonds. The molecule has 0 radical (unpaired) electrons. The van der Waals surface area contributed by atoms with Gasteiger partial charge < -0.3 is 13.9 Å². The zero-order valence-corrected chi connectivity index (χ0v) is 15.0. The summed E-state index contributed by atoms with van der Waals surface area (Å²) in [5, 5.41) is 0.629. The molecule has 5 nitrogen and oxygen atoms in total. The van der Waals surface area contributed by atoms with Crippen LogP contribution in [0.4, 0.5) is 0 Å². The maximum absolute atomic E-state index is 12.6. The number of benzene rings is 2. The standard InChI is InChI=1S/C22H18O5/c1-3-25-20(23)16-13-22(2,14-9-5-4-6-10-14)27-19-15-11-7-8-12-17(15)26-21(24)18(16)19/h4-13H,3H2,1-2H3. The lowest BCUT2D eigenvalue weighted by atomic mass is 9.88. The van der Waals surface area contributed by atoms with Gasteiger partial charge in [0.15, 0.2) is 5.60 Å². The Kier molecular flexibility index (Phi) is 4.07. The molecule has 0 spiro atoms. The Balaban J connectivity index is 2.03. The number of fused-ring (bicyclic) bond motifs is 3. The van der Waals surface area contributed by atoms with Crippen molar-refractivity contribution in [3.8, 4) is 5.75 Å². The molecule has 1 unspecified atom stereocenters. The van der Waals surface area contributed by atoms with E-state index >= 15 is 0 Å². The number of carbonyl (C=O) groups excluding carboxylic acids is 1. The lowest BCUT2D eigenvalue weighted by Gasteiger charge is -2.34. The van der Waals surface area contributed by atoms with Gasteiger partial charge in [0.25, 0.3) is 0 Å². The van der Waals surface area contributed by atoms with E-state index in [1.54, 1.807) is 31.2 Å². The van der Waals surface area contributed by atoms with Crippen LogP contribution in [-0.4, -0.2) is 12.6 Å². The van der Waals surface area contributed by atoms with Crippen molar-refractivity contribution in [2.24, 2.45) is 0 Å². The summed E-state index contributed by atoms with van der Waals surface area (Å²) in [6, 6.07) is 16.6. The summed E-state index contributed by atoms with van der Waals surface area (Å²) in [6.45, 7) is 3.78. The van der Waals surface area contributed by atoms with Gasteiger partial charge in [0.1, 0.15) is 16.9 Å². The Morgan fingerprint density at radius 1 is 1.07 bits per heavy atom. The minimum atomic E-state index is -0.938. The summed E-state index contributed by atoms with van der Waals surface area (Å²) in [6.07, 6.45) is 1.63. The van der Waals surface area contributed by atoms with Crippen molar-refractivity contribution in [2.45, 2.75) is 19.4 Å². The van der Waals surface area contributed by atoms with E-state index in [-0.39, 0.29) is 17.7 Å². The Labute approximate surface area is 155 Å². The first-order chi connectivity index (χ1) is 13.0. The summed E-state index contributed by atoms with van der Waals surface area (Å²) >= 11 is 0. The Hall–Kier alpha value is -3.34. The smallest absolute Gasteiger partial charge is 0.348 e. The zero-order chi connectivity index (χ0) is 19.0. The van der Waals surface area contributed by atoms with Gasteiger partial charge in [0.05, 0.1) is 17.6 Å². The Bertz CT molecular complexity index is 1110. The molecule has 0 fully saturated rings. The first-order valence-corrected chi connectivity index (χ1v) is 8.74. The number of esters is 1. The molecule has 1 atom stereocenters. The van der Waals surface area contributed by atoms with Crippen molar-refractivity contribution in [1.29, 1.82) is 0 Å². The molecule has 27 heavy (non-hydrogen) atoms. The second-order valence-corrected chi connectivity index (χ2v) is 6.44. The van der Waals surface area contributed by atoms with Gasteiger partial charge in [-0.15, -0.1) is 0 Å². The van der Waals surface area contributed by atoms with Gasteiger partial charge in [0, 0.05) is 0 Å². The minimum absolute atomic E-state index is 0.0977. The molecule has 1 aromatic heterocycles. The first-order valence-electron chi connectivity index (χ1n) is 8.74. The predicted octanol–water partition coefficient (Wildman–Crippen LogP) is 4.05. The quantitative estimate of drug-likeness (QED) is 0.519. The number of carbonyl (C=O) groups is 1. The monoisotopic (exact) mass is 362 g/mol. The summed E-state index contributed by atoms with van der Waals surface area (Å²) < 4.78 is 16.9. The molecule has 1 aliphatic rings. The highest BCUT2D eigenvalue weighted by atomic mass is 16.5. The maximum atomic E-state index is 12.6. The fourth-order valence-electron chi connectivity index (χ4n) is 3.33. The second-order valence-electron chi connectivity index (χ2n) is 6.44. The minimum Gasteiger partial charge on any atom is -0.477 e. The topological polar surface area (TPSA) is 65.7 Å². The van der Waals surface area contributed by atoms with Crippen LogP contribution in [0.15, 0.2) is 69.9 Å². The molecule has 2 heterocycles. The van der Waals surface area contributed by atoms with E-state index in [1.807, 2.05) is 43.3 Å². The van der Waals surface area contributed by atoms with Crippen LogP contribution in [0.1, 0.15) is 25.0 Å². The van der Waals surface area contributed by atoms with Crippen LogP contribution >= 0.6 is 0 Å². The van der Waals surface area contributed by atoms with E-state index in [0.29, 0.717) is 16.7 Å². The molecule has 2 aromatic carbocycles. The van der Waals surface area contributed by atoms with Gasteiger partial charge in [-0.2, -0.15) is 0 Å². The van der Waals surface area contributed by atoms with Crippen molar-refractivity contribution >= 4 is 22.5 Å². The number of ether oxygens (including phenoxy) is 2. The highest BCUT2D eigenvalue weighted by Crippen LogP contribution is 2.43. The normalized spacial score (nSPS) is 18.4. The van der Waals surface area contributed by atoms with Crippen molar-refractivity contribution in [3.63, 3.8) is 0 Å². The van der Waals surface area contributed by atoms with E-state index in [2.05, 4.69) is 0 Å². The molecule has 0 saturated heterocycles. The summed E-state index contributed by atoms with van der Waals surface area (Å²) in [7, 11) is 0. The molecule has 3 aromatic rings. The van der Waals surface area contributed by atoms with E-state index in [0.717, 1.165) is 5.56 Å². The van der Waals surface area contributed by atoms with Gasteiger partial charge in [0.2, 0.25) is 0 Å². The van der Waals surface area contributed by atoms with Gasteiger partial charge in [-0.1, -0.05) is 42.5 Å². The van der Waals surface area contributed by atoms with Crippen LogP contribution in [0, 0.1) is 0 Å². The zero-order valence-electron chi connectivity index (χ0n) is 15.0. The SMILES string of the molecule is CCOC(=O)C1=CC(C)(c2ccccc2)Oc2c1c(=O)oc1ccccc21. The van der Waals surface area contributed by atoms with Crippen molar-refractivity contribution < 1.29 is 18.7 Å². The molecule has 0 saturated carbocycles. The van der Waals surface area contributed by atoms with Crippen molar-refractivity contribution in [3.05, 3.63) is 82.2 Å². The number of hydrogen-bond donors (Lipinski definition) is 0. The second kappa shape index (κ2) is 6.43. The van der Waals surface area contributed by atoms with E-state index in [4.69, 9.17) is 13.9 Å². The van der Waals surface area contributed by atoms with Crippen LogP contribution in [0.5, 0.6) is 5.75 Å². The van der Waals surface area contributed by atoms with E-state index in [9.17, 15) is 9.59 Å². The Morgan fingerprint density at radius 3 is 2.52 bits per heavy atom. The van der Waals surface area contributed by atoms with Gasteiger partial charge in [-0.25, -0.2) is 9.59 Å². The molecule has 5 heteroatoms. The lowest BCUT2D eigenvalue weighted by molar-refractivity contribution is -0.136. The largest absolute Gasteiger partial charge is 0.477 e. The molecule has 0 N–H and O–H groups in total. The number of rotatable bonds is 3. The van der Waals surface area contributed by atoms with Crippen LogP contribution in [0.3, 0.4) is 0 Å². The summed E-state index contributed by atoms with van der Waals surface area (Å²) in [5.74, 6) is -0.245. The van der Waals surface area contributed by atoms with E-state index < -0.39 is 17.2 Å². The highest BCUT2D eigenvalue weighted by Gasteiger charge is 2.38. The molecular formula is C22H18O5. The highest BCUT2D eigenvalue weighted by molar-refractivity contribution is 6.18. The van der Waals surface area contributed by atoms with Gasteiger partial charge in [-0.05, 0) is 37.6 Å². The molecule has 1 aliphatic heterocycles. The fourth-order valence-corrected chi connectivity index (χ4v) is 3.33. The first kappa shape index (κ1) is 17.1. The maximum Gasteiger partial charge on any atom is 0.348 e. The average Bonchev–Trinajstić information content (AvgIpc) is 2.68. The van der Waals surface area contributed by atoms with Crippen LogP contribution in [0.2, 0.25) is 0 Å². The molecular weight excluding hydrogens is 344 g/mol. The van der Waals surface area contributed by atoms with Gasteiger partial charge >= 0.3 is 11.6 Å². The predicted molar refractivity (Wildman–Crippen MR) is 102 cm³/mol. The number of hydrogen-bond acceptors (Lipinski definition) is 5. The third-order valence-electron chi connectivity index (χ3n) is 4.61. The fraction of sp³-hybridized carbons (Fsp3) is 0.182. The average molecular weight is 362 g/mol. The molecule has 136 valence electrons. The Morgan fingerprint density at radius 2 is 1.78 bits per heavy atom. The van der Waals surface area contributed by atoms with Crippen LogP contribution in [-0.2, 0) is 15.1 Å². The van der Waals surface area contributed by atoms with Crippen molar-refractivity contribution in [2.75, 3.05) is 6.61 Å². The lowest BCUT2D eigenvalue weighted by Crippen LogP contribution is -2.34. The van der Waals surface area contributed by atoms with Crippen molar-refractivity contribution in [1.82, 2.24) is 0 Å². The summed E-state index contributed by atoms with van der Waals surface area (Å²) in [5.41, 5.74) is -0.0495. The molecule has 4 rings (SSSR count). The molecule has 0 aliphatic carbocycles. The van der Waals surface area contributed by atoms with Crippen LogP contribution in [0.25, 0.3) is 16.5 Å². The van der Waals surface area contributed by atoms with Gasteiger partial charge in [-0.3, -0.25) is 0 Å². The van der Waals surface area contributed by atoms with Crippen LogP contribution < -0.4 is 10.4 Å².